The first-order chi connectivity index (χ1) is 11.5. The number of rotatable bonds is 4. The van der Waals surface area contributed by atoms with E-state index in [4.69, 9.17) is 0 Å². The second-order valence-electron chi connectivity index (χ2n) is 6.43. The van der Waals surface area contributed by atoms with Crippen LogP contribution in [0, 0.1) is 13.8 Å². The van der Waals surface area contributed by atoms with Crippen molar-refractivity contribution in [3.8, 4) is 0 Å². The van der Waals surface area contributed by atoms with E-state index in [2.05, 4.69) is 35.1 Å². The molecule has 0 N–H and O–H groups in total. The van der Waals surface area contributed by atoms with Crippen LogP contribution in [0.3, 0.4) is 0 Å². The van der Waals surface area contributed by atoms with Gasteiger partial charge in [0.1, 0.15) is 0 Å². The summed E-state index contributed by atoms with van der Waals surface area (Å²) in [7, 11) is 1.86. The standard InChI is InChI=1S/C17H26N6O/c1-5-23-12-15(13(2)19-23)11-21-6-8-22(9-7-21)17(24)16-10-18-20(4)14(16)3/h10,12H,5-9,11H2,1-4H3. The predicted octanol–water partition coefficient (Wildman–Crippen LogP) is 1.21. The van der Waals surface area contributed by atoms with Gasteiger partial charge in [0.25, 0.3) is 5.91 Å². The molecule has 7 heteroatoms. The number of hydrogen-bond acceptors (Lipinski definition) is 4. The van der Waals surface area contributed by atoms with Gasteiger partial charge in [-0.2, -0.15) is 10.2 Å². The van der Waals surface area contributed by atoms with Crippen LogP contribution in [-0.2, 0) is 20.1 Å². The molecular weight excluding hydrogens is 304 g/mol. The van der Waals surface area contributed by atoms with Crippen LogP contribution in [0.5, 0.6) is 0 Å². The molecule has 0 radical (unpaired) electrons. The zero-order chi connectivity index (χ0) is 17.3. The summed E-state index contributed by atoms with van der Waals surface area (Å²) in [5.74, 6) is 0.0928. The number of carbonyl (C=O) groups excluding carboxylic acids is 1. The summed E-state index contributed by atoms with van der Waals surface area (Å²) >= 11 is 0. The van der Waals surface area contributed by atoms with Gasteiger partial charge in [0.05, 0.1) is 17.5 Å². The van der Waals surface area contributed by atoms with Crippen molar-refractivity contribution in [2.75, 3.05) is 26.2 Å². The fraction of sp³-hybridized carbons (Fsp3) is 0.588. The van der Waals surface area contributed by atoms with Crippen molar-refractivity contribution >= 4 is 5.91 Å². The number of hydrogen-bond donors (Lipinski definition) is 0. The third-order valence-electron chi connectivity index (χ3n) is 4.89. The molecule has 1 aliphatic rings. The number of aryl methyl sites for hydroxylation is 3. The average molecular weight is 330 g/mol. The van der Waals surface area contributed by atoms with Crippen LogP contribution in [0.1, 0.15) is 34.2 Å². The molecule has 1 amide bonds. The molecule has 7 nitrogen and oxygen atoms in total. The van der Waals surface area contributed by atoms with Crippen molar-refractivity contribution in [3.05, 3.63) is 34.9 Å². The molecular formula is C17H26N6O. The maximum absolute atomic E-state index is 12.6. The lowest BCUT2D eigenvalue weighted by Gasteiger charge is -2.34. The van der Waals surface area contributed by atoms with E-state index in [0.29, 0.717) is 5.56 Å². The third kappa shape index (κ3) is 3.21. The van der Waals surface area contributed by atoms with Gasteiger partial charge in [0.15, 0.2) is 0 Å². The van der Waals surface area contributed by atoms with Gasteiger partial charge >= 0.3 is 0 Å². The van der Waals surface area contributed by atoms with Crippen LogP contribution in [0.25, 0.3) is 0 Å². The van der Waals surface area contributed by atoms with E-state index in [-0.39, 0.29) is 5.91 Å². The van der Waals surface area contributed by atoms with Crippen molar-refractivity contribution in [2.24, 2.45) is 7.05 Å². The maximum atomic E-state index is 12.6. The van der Waals surface area contributed by atoms with Crippen LogP contribution >= 0.6 is 0 Å². The highest BCUT2D eigenvalue weighted by molar-refractivity contribution is 5.95. The molecule has 1 aliphatic heterocycles. The first-order valence-electron chi connectivity index (χ1n) is 8.52. The highest BCUT2D eigenvalue weighted by Gasteiger charge is 2.25. The molecule has 130 valence electrons. The highest BCUT2D eigenvalue weighted by atomic mass is 16.2. The zero-order valence-electron chi connectivity index (χ0n) is 15.0. The summed E-state index contributed by atoms with van der Waals surface area (Å²) in [6.07, 6.45) is 3.80. The fourth-order valence-electron chi connectivity index (χ4n) is 3.11. The molecule has 3 rings (SSSR count). The molecule has 2 aromatic heterocycles. The summed E-state index contributed by atoms with van der Waals surface area (Å²) < 4.78 is 3.73. The van der Waals surface area contributed by atoms with Crippen molar-refractivity contribution < 1.29 is 4.79 Å². The van der Waals surface area contributed by atoms with Gasteiger partial charge in [-0.05, 0) is 20.8 Å². The molecule has 0 aromatic carbocycles. The smallest absolute Gasteiger partial charge is 0.257 e. The van der Waals surface area contributed by atoms with Gasteiger partial charge in [0, 0.05) is 63.8 Å². The topological polar surface area (TPSA) is 59.2 Å². The van der Waals surface area contributed by atoms with Crippen molar-refractivity contribution in [1.29, 1.82) is 0 Å². The monoisotopic (exact) mass is 330 g/mol. The van der Waals surface area contributed by atoms with Crippen LogP contribution in [0.2, 0.25) is 0 Å². The fourth-order valence-corrected chi connectivity index (χ4v) is 3.11. The van der Waals surface area contributed by atoms with E-state index in [1.165, 1.54) is 5.56 Å². The molecule has 24 heavy (non-hydrogen) atoms. The Morgan fingerprint density at radius 3 is 2.46 bits per heavy atom. The molecule has 0 bridgehead atoms. The van der Waals surface area contributed by atoms with Crippen LogP contribution in [-0.4, -0.2) is 61.4 Å². The van der Waals surface area contributed by atoms with Gasteiger partial charge in [0.2, 0.25) is 0 Å². The number of nitrogens with zero attached hydrogens (tertiary/aromatic N) is 6. The van der Waals surface area contributed by atoms with Gasteiger partial charge in [-0.15, -0.1) is 0 Å². The van der Waals surface area contributed by atoms with E-state index >= 15 is 0 Å². The predicted molar refractivity (Wildman–Crippen MR) is 91.8 cm³/mol. The molecule has 0 unspecified atom stereocenters. The van der Waals surface area contributed by atoms with E-state index in [1.807, 2.05) is 23.6 Å². The van der Waals surface area contributed by atoms with Gasteiger partial charge in [-0.3, -0.25) is 19.1 Å². The van der Waals surface area contributed by atoms with E-state index in [9.17, 15) is 4.79 Å². The Bertz CT molecular complexity index is 724. The zero-order valence-corrected chi connectivity index (χ0v) is 15.0. The Kier molecular flexibility index (Phi) is 4.71. The van der Waals surface area contributed by atoms with Crippen molar-refractivity contribution in [2.45, 2.75) is 33.9 Å². The normalized spacial score (nSPS) is 15.9. The quantitative estimate of drug-likeness (QED) is 0.845. The Morgan fingerprint density at radius 2 is 1.92 bits per heavy atom. The Labute approximate surface area is 142 Å². The largest absolute Gasteiger partial charge is 0.336 e. The van der Waals surface area contributed by atoms with Crippen LogP contribution in [0.15, 0.2) is 12.4 Å². The summed E-state index contributed by atoms with van der Waals surface area (Å²) in [6.45, 7) is 11.2. The van der Waals surface area contributed by atoms with Gasteiger partial charge in [-0.25, -0.2) is 0 Å². The number of piperazine rings is 1. The first kappa shape index (κ1) is 16.7. The molecule has 0 saturated carbocycles. The second-order valence-corrected chi connectivity index (χ2v) is 6.43. The lowest BCUT2D eigenvalue weighted by atomic mass is 10.2. The minimum atomic E-state index is 0.0928. The lowest BCUT2D eigenvalue weighted by Crippen LogP contribution is -2.48. The van der Waals surface area contributed by atoms with Gasteiger partial charge in [-0.1, -0.05) is 0 Å². The first-order valence-corrected chi connectivity index (χ1v) is 8.52. The summed E-state index contributed by atoms with van der Waals surface area (Å²) in [4.78, 5) is 17.0. The maximum Gasteiger partial charge on any atom is 0.257 e. The summed E-state index contributed by atoms with van der Waals surface area (Å²) in [6, 6.07) is 0. The third-order valence-corrected chi connectivity index (χ3v) is 4.89. The second kappa shape index (κ2) is 6.76. The minimum absolute atomic E-state index is 0.0928. The SMILES string of the molecule is CCn1cc(CN2CCN(C(=O)c3cnn(C)c3C)CC2)c(C)n1. The Morgan fingerprint density at radius 1 is 1.21 bits per heavy atom. The summed E-state index contributed by atoms with van der Waals surface area (Å²) in [5.41, 5.74) is 4.01. The minimum Gasteiger partial charge on any atom is -0.336 e. The molecule has 0 atom stereocenters. The van der Waals surface area contributed by atoms with Crippen molar-refractivity contribution in [3.63, 3.8) is 0 Å². The highest BCUT2D eigenvalue weighted by Crippen LogP contribution is 2.15. The van der Waals surface area contributed by atoms with E-state index < -0.39 is 0 Å². The molecule has 3 heterocycles. The Hall–Kier alpha value is -2.15. The molecule has 0 aliphatic carbocycles. The lowest BCUT2D eigenvalue weighted by molar-refractivity contribution is 0.0627. The average Bonchev–Trinajstić information content (AvgIpc) is 3.11. The molecule has 1 fully saturated rings. The summed E-state index contributed by atoms with van der Waals surface area (Å²) in [5, 5.41) is 8.68. The van der Waals surface area contributed by atoms with Crippen molar-refractivity contribution in [1.82, 2.24) is 29.4 Å². The van der Waals surface area contributed by atoms with Gasteiger partial charge < -0.3 is 4.90 Å². The molecule has 1 saturated heterocycles. The molecule has 0 spiro atoms. The van der Waals surface area contributed by atoms with E-state index in [0.717, 1.165) is 50.7 Å². The number of carbonyl (C=O) groups is 1. The van der Waals surface area contributed by atoms with E-state index in [1.54, 1.807) is 10.9 Å². The number of amides is 1. The number of aromatic nitrogens is 4. The Balaban J connectivity index is 1.58. The van der Waals surface area contributed by atoms with Crippen LogP contribution in [0.4, 0.5) is 0 Å². The molecule has 2 aromatic rings. The van der Waals surface area contributed by atoms with Crippen LogP contribution < -0.4 is 0 Å².